The van der Waals surface area contributed by atoms with E-state index in [1.807, 2.05) is 31.2 Å². The summed E-state index contributed by atoms with van der Waals surface area (Å²) in [5, 5.41) is 14.0. The Hall–Kier alpha value is -3.26. The van der Waals surface area contributed by atoms with Crippen LogP contribution in [0.15, 0.2) is 36.4 Å². The number of nitrogens with one attached hydrogen (secondary N) is 1. The van der Waals surface area contributed by atoms with Crippen LogP contribution in [0.5, 0.6) is 5.75 Å². The molecule has 1 amide bonds. The molecule has 5 heteroatoms. The van der Waals surface area contributed by atoms with Crippen molar-refractivity contribution in [3.8, 4) is 23.1 Å². The topological polar surface area (TPSA) is 67.0 Å². The lowest BCUT2D eigenvalue weighted by Crippen LogP contribution is -2.19. The summed E-state index contributed by atoms with van der Waals surface area (Å²) in [7, 11) is 0. The summed E-state index contributed by atoms with van der Waals surface area (Å²) in [6.45, 7) is 2.59. The molecule has 146 valence electrons. The number of aryl methyl sites for hydroxylation is 1. The molecule has 0 atom stereocenters. The highest BCUT2D eigenvalue weighted by Gasteiger charge is 2.28. The summed E-state index contributed by atoms with van der Waals surface area (Å²) < 4.78 is 8.09. The van der Waals surface area contributed by atoms with E-state index in [2.05, 4.69) is 28.1 Å². The molecule has 2 aliphatic rings. The minimum Gasteiger partial charge on any atom is -0.494 e. The van der Waals surface area contributed by atoms with Crippen molar-refractivity contribution in [2.45, 2.75) is 45.1 Å². The number of carbonyl (C=O) groups is 1. The SMILES string of the molecule is CCOc1ccc2c(C#N)c(-c3ccc4c(c3)CCC(=O)N4)n(C3CCC3)c2c1. The molecule has 1 aliphatic heterocycles. The van der Waals surface area contributed by atoms with Crippen LogP contribution in [-0.4, -0.2) is 17.1 Å². The summed E-state index contributed by atoms with van der Waals surface area (Å²) >= 11 is 0. The second-order valence-corrected chi connectivity index (χ2v) is 7.82. The molecule has 0 radical (unpaired) electrons. The third kappa shape index (κ3) is 2.87. The van der Waals surface area contributed by atoms with Gasteiger partial charge in [-0.1, -0.05) is 6.07 Å². The van der Waals surface area contributed by atoms with Crippen molar-refractivity contribution in [1.29, 1.82) is 5.26 Å². The van der Waals surface area contributed by atoms with Crippen LogP contribution in [0.3, 0.4) is 0 Å². The summed E-state index contributed by atoms with van der Waals surface area (Å²) in [6.07, 6.45) is 4.70. The van der Waals surface area contributed by atoms with Gasteiger partial charge in [0.25, 0.3) is 0 Å². The maximum Gasteiger partial charge on any atom is 0.224 e. The van der Waals surface area contributed by atoms with Crippen LogP contribution in [0.2, 0.25) is 0 Å². The lowest BCUT2D eigenvalue weighted by molar-refractivity contribution is -0.116. The quantitative estimate of drug-likeness (QED) is 0.672. The van der Waals surface area contributed by atoms with Crippen molar-refractivity contribution in [1.82, 2.24) is 4.57 Å². The Morgan fingerprint density at radius 3 is 2.79 bits per heavy atom. The van der Waals surface area contributed by atoms with Crippen LogP contribution in [0.1, 0.15) is 49.8 Å². The number of aromatic nitrogens is 1. The van der Waals surface area contributed by atoms with E-state index in [-0.39, 0.29) is 5.91 Å². The maximum atomic E-state index is 11.7. The normalized spacial score (nSPS) is 16.1. The molecule has 0 unspecified atom stereocenters. The van der Waals surface area contributed by atoms with E-state index >= 15 is 0 Å². The minimum atomic E-state index is 0.0648. The third-order valence-corrected chi connectivity index (χ3v) is 6.11. The van der Waals surface area contributed by atoms with E-state index in [0.717, 1.165) is 64.0 Å². The zero-order chi connectivity index (χ0) is 20.0. The fraction of sp³-hybridized carbons (Fsp3) is 0.333. The molecule has 1 aliphatic carbocycles. The molecule has 0 saturated heterocycles. The second kappa shape index (κ2) is 6.97. The number of amides is 1. The molecule has 3 aromatic rings. The highest BCUT2D eigenvalue weighted by atomic mass is 16.5. The van der Waals surface area contributed by atoms with Gasteiger partial charge in [0.1, 0.15) is 11.8 Å². The number of carbonyl (C=O) groups excluding carboxylic acids is 1. The molecule has 2 heterocycles. The zero-order valence-electron chi connectivity index (χ0n) is 16.5. The van der Waals surface area contributed by atoms with Crippen molar-refractivity contribution < 1.29 is 9.53 Å². The first-order valence-electron chi connectivity index (χ1n) is 10.3. The Labute approximate surface area is 169 Å². The number of fused-ring (bicyclic) bond motifs is 2. The van der Waals surface area contributed by atoms with Crippen LogP contribution in [0.4, 0.5) is 5.69 Å². The number of rotatable bonds is 4. The van der Waals surface area contributed by atoms with E-state index in [1.54, 1.807) is 0 Å². The molecule has 29 heavy (non-hydrogen) atoms. The smallest absolute Gasteiger partial charge is 0.224 e. The van der Waals surface area contributed by atoms with Crippen LogP contribution < -0.4 is 10.1 Å². The summed E-state index contributed by atoms with van der Waals surface area (Å²) in [5.41, 5.74) is 5.82. The lowest BCUT2D eigenvalue weighted by Gasteiger charge is -2.30. The van der Waals surface area contributed by atoms with Crippen LogP contribution in [-0.2, 0) is 11.2 Å². The lowest BCUT2D eigenvalue weighted by atomic mass is 9.91. The third-order valence-electron chi connectivity index (χ3n) is 6.11. The van der Waals surface area contributed by atoms with E-state index in [9.17, 15) is 10.1 Å². The predicted octanol–water partition coefficient (Wildman–Crippen LogP) is 5.19. The van der Waals surface area contributed by atoms with Crippen molar-refractivity contribution in [3.63, 3.8) is 0 Å². The highest BCUT2D eigenvalue weighted by molar-refractivity contribution is 5.97. The molecule has 1 saturated carbocycles. The molecule has 1 N–H and O–H groups in total. The summed E-state index contributed by atoms with van der Waals surface area (Å²) in [6, 6.07) is 15.0. The molecule has 0 bridgehead atoms. The maximum absolute atomic E-state index is 11.7. The van der Waals surface area contributed by atoms with Gasteiger partial charge in [-0.3, -0.25) is 4.79 Å². The average molecular weight is 385 g/mol. The van der Waals surface area contributed by atoms with Crippen molar-refractivity contribution in [2.75, 3.05) is 11.9 Å². The van der Waals surface area contributed by atoms with Gasteiger partial charge in [0.05, 0.1) is 23.4 Å². The van der Waals surface area contributed by atoms with Gasteiger partial charge in [0, 0.05) is 29.6 Å². The fourth-order valence-electron chi connectivity index (χ4n) is 4.50. The standard InChI is InChI=1S/C24H23N3O2/c1-2-29-18-8-9-19-20(14-25)24(27(22(19)13-18)17-4-3-5-17)16-6-10-21-15(12-16)7-11-23(28)26-21/h6,8-10,12-13,17H,2-5,7,11H2,1H3,(H,26,28). The Bertz CT molecular complexity index is 1170. The van der Waals surface area contributed by atoms with E-state index < -0.39 is 0 Å². The molecule has 1 aromatic heterocycles. The first-order chi connectivity index (χ1) is 14.2. The first-order valence-corrected chi connectivity index (χ1v) is 10.3. The largest absolute Gasteiger partial charge is 0.494 e. The van der Waals surface area contributed by atoms with Crippen molar-refractivity contribution in [2.24, 2.45) is 0 Å². The Balaban J connectivity index is 1.74. The number of nitrogens with zero attached hydrogens (tertiary/aromatic N) is 2. The molecule has 5 nitrogen and oxygen atoms in total. The van der Waals surface area contributed by atoms with Gasteiger partial charge in [-0.15, -0.1) is 0 Å². The van der Waals surface area contributed by atoms with E-state index in [0.29, 0.717) is 19.1 Å². The minimum absolute atomic E-state index is 0.0648. The molecule has 0 spiro atoms. The van der Waals surface area contributed by atoms with Crippen LogP contribution in [0, 0.1) is 11.3 Å². The van der Waals surface area contributed by atoms with Crippen LogP contribution in [0.25, 0.3) is 22.2 Å². The van der Waals surface area contributed by atoms with Gasteiger partial charge in [0.15, 0.2) is 0 Å². The fourth-order valence-corrected chi connectivity index (χ4v) is 4.50. The predicted molar refractivity (Wildman–Crippen MR) is 113 cm³/mol. The Kier molecular flexibility index (Phi) is 4.28. The first kappa shape index (κ1) is 17.8. The van der Waals surface area contributed by atoms with Crippen LogP contribution >= 0.6 is 0 Å². The Morgan fingerprint density at radius 1 is 1.21 bits per heavy atom. The molecular weight excluding hydrogens is 362 g/mol. The average Bonchev–Trinajstić information content (AvgIpc) is 3.00. The molecule has 2 aromatic carbocycles. The molecule has 5 rings (SSSR count). The summed E-state index contributed by atoms with van der Waals surface area (Å²) in [5.74, 6) is 0.900. The number of ether oxygens (including phenoxy) is 1. The van der Waals surface area contributed by atoms with Gasteiger partial charge in [-0.2, -0.15) is 5.26 Å². The summed E-state index contributed by atoms with van der Waals surface area (Å²) in [4.78, 5) is 11.7. The van der Waals surface area contributed by atoms with Gasteiger partial charge < -0.3 is 14.6 Å². The van der Waals surface area contributed by atoms with Crippen molar-refractivity contribution >= 4 is 22.5 Å². The zero-order valence-corrected chi connectivity index (χ0v) is 16.5. The number of nitriles is 1. The number of hydrogen-bond donors (Lipinski definition) is 1. The Morgan fingerprint density at radius 2 is 2.07 bits per heavy atom. The molecule has 1 fully saturated rings. The van der Waals surface area contributed by atoms with Gasteiger partial charge in [0.2, 0.25) is 5.91 Å². The monoisotopic (exact) mass is 385 g/mol. The molecular formula is C24H23N3O2. The van der Waals surface area contributed by atoms with E-state index in [1.165, 1.54) is 6.42 Å². The number of anilines is 1. The van der Waals surface area contributed by atoms with Gasteiger partial charge in [-0.05, 0) is 68.0 Å². The van der Waals surface area contributed by atoms with Gasteiger partial charge >= 0.3 is 0 Å². The number of benzene rings is 2. The number of hydrogen-bond acceptors (Lipinski definition) is 3. The second-order valence-electron chi connectivity index (χ2n) is 7.82. The highest BCUT2D eigenvalue weighted by Crippen LogP contribution is 2.44. The van der Waals surface area contributed by atoms with E-state index in [4.69, 9.17) is 4.74 Å². The van der Waals surface area contributed by atoms with Crippen molar-refractivity contribution in [3.05, 3.63) is 47.5 Å². The van der Waals surface area contributed by atoms with Gasteiger partial charge in [-0.25, -0.2) is 0 Å².